The van der Waals surface area contributed by atoms with Crippen LogP contribution in [0.4, 0.5) is 0 Å². The molecule has 0 aromatic heterocycles. The molecule has 0 aliphatic carbocycles. The van der Waals surface area contributed by atoms with E-state index in [4.69, 9.17) is 23.7 Å². The average Bonchev–Trinajstić information content (AvgIpc) is 3.33. The summed E-state index contributed by atoms with van der Waals surface area (Å²) >= 11 is 0. The highest BCUT2D eigenvalue weighted by atomic mass is 16.5. The first-order valence-corrected chi connectivity index (χ1v) is 21.6. The van der Waals surface area contributed by atoms with Gasteiger partial charge in [0.1, 0.15) is 5.56 Å². The number of hydrogen-bond acceptors (Lipinski definition) is 11. The molecule has 0 bridgehead atoms. The lowest BCUT2D eigenvalue weighted by Gasteiger charge is -2.21. The molecule has 0 unspecified atom stereocenters. The number of carbonyl (C=O) groups excluding carboxylic acids is 5. The van der Waals surface area contributed by atoms with Gasteiger partial charge in [0.2, 0.25) is 0 Å². The maximum absolute atomic E-state index is 14.7. The molecule has 6 aromatic carbocycles. The van der Waals surface area contributed by atoms with Crippen molar-refractivity contribution in [1.29, 1.82) is 0 Å². The molecule has 0 aliphatic rings. The third kappa shape index (κ3) is 11.1. The van der Waals surface area contributed by atoms with Crippen LogP contribution >= 0.6 is 0 Å². The SMILES string of the molecule is C=CC(=O)OCCCc1c2ccccc2c(CCCOC(=O)C=C)c2cc(C(=O)Oc3c(C(=O)O)ccc4c(CCCOC(=O)C=C)c5ccccc5c(CCCOC(=O)C=C)c34)ccc12. The minimum atomic E-state index is -1.32. The van der Waals surface area contributed by atoms with Gasteiger partial charge in [-0.2, -0.15) is 0 Å². The molecule has 6 aromatic rings. The van der Waals surface area contributed by atoms with E-state index < -0.39 is 35.8 Å². The number of hydrogen-bond donors (Lipinski definition) is 1. The van der Waals surface area contributed by atoms with E-state index in [1.54, 1.807) is 18.2 Å². The van der Waals surface area contributed by atoms with Crippen molar-refractivity contribution in [1.82, 2.24) is 0 Å². The Morgan fingerprint density at radius 3 is 1.24 bits per heavy atom. The van der Waals surface area contributed by atoms with Crippen molar-refractivity contribution in [3.05, 3.63) is 163 Å². The molecule has 0 aliphatic heterocycles. The molecule has 0 atom stereocenters. The van der Waals surface area contributed by atoms with Gasteiger partial charge in [0, 0.05) is 29.7 Å². The van der Waals surface area contributed by atoms with Crippen LogP contribution in [0.15, 0.2) is 129 Å². The summed E-state index contributed by atoms with van der Waals surface area (Å²) in [4.78, 5) is 75.3. The number of esters is 5. The fourth-order valence-corrected chi connectivity index (χ4v) is 8.32. The Hall–Kier alpha value is -7.86. The smallest absolute Gasteiger partial charge is 0.343 e. The number of rotatable bonds is 23. The number of ether oxygens (including phenoxy) is 5. The molecule has 0 amide bonds. The molecule has 12 heteroatoms. The van der Waals surface area contributed by atoms with Gasteiger partial charge in [-0.3, -0.25) is 0 Å². The average molecular weight is 891 g/mol. The summed E-state index contributed by atoms with van der Waals surface area (Å²) in [7, 11) is 0. The maximum Gasteiger partial charge on any atom is 0.343 e. The van der Waals surface area contributed by atoms with Crippen LogP contribution in [0.3, 0.4) is 0 Å². The van der Waals surface area contributed by atoms with Gasteiger partial charge in [-0.25, -0.2) is 28.8 Å². The lowest BCUT2D eigenvalue weighted by molar-refractivity contribution is -0.138. The summed E-state index contributed by atoms with van der Waals surface area (Å²) in [5, 5.41) is 16.9. The number of aryl methyl sites for hydroxylation is 4. The molecule has 6 rings (SSSR count). The summed E-state index contributed by atoms with van der Waals surface area (Å²) < 4.78 is 27.5. The second kappa shape index (κ2) is 22.7. The fourth-order valence-electron chi connectivity index (χ4n) is 8.32. The van der Waals surface area contributed by atoms with Crippen LogP contribution in [0.1, 0.15) is 68.7 Å². The number of aromatic carboxylic acids is 1. The van der Waals surface area contributed by atoms with Gasteiger partial charge in [0.15, 0.2) is 5.75 Å². The molecule has 0 saturated heterocycles. The summed E-state index contributed by atoms with van der Waals surface area (Å²) in [6, 6.07) is 23.8. The van der Waals surface area contributed by atoms with Crippen LogP contribution in [0, 0.1) is 0 Å². The highest BCUT2D eigenvalue weighted by Gasteiger charge is 2.26. The van der Waals surface area contributed by atoms with Crippen molar-refractivity contribution in [3.63, 3.8) is 0 Å². The number of carboxylic acid groups (broad SMARTS) is 1. The fraction of sp³-hybridized carbons (Fsp3) is 0.222. The highest BCUT2D eigenvalue weighted by molar-refractivity contribution is 6.13. The predicted molar refractivity (Wildman–Crippen MR) is 253 cm³/mol. The summed E-state index contributed by atoms with van der Waals surface area (Å²) in [6.45, 7) is 14.3. The molecular formula is C54H50O12. The van der Waals surface area contributed by atoms with Crippen LogP contribution in [0.25, 0.3) is 43.1 Å². The molecule has 0 spiro atoms. The van der Waals surface area contributed by atoms with E-state index in [0.717, 1.165) is 73.3 Å². The van der Waals surface area contributed by atoms with E-state index >= 15 is 0 Å². The zero-order valence-electron chi connectivity index (χ0n) is 36.6. The van der Waals surface area contributed by atoms with Gasteiger partial charge in [0.25, 0.3) is 0 Å². The molecule has 0 saturated carbocycles. The van der Waals surface area contributed by atoms with Gasteiger partial charge < -0.3 is 28.8 Å². The number of benzene rings is 6. The molecule has 0 heterocycles. The van der Waals surface area contributed by atoms with Gasteiger partial charge in [-0.05, 0) is 130 Å². The van der Waals surface area contributed by atoms with E-state index in [2.05, 4.69) is 26.3 Å². The lowest BCUT2D eigenvalue weighted by atomic mass is 9.86. The molecule has 12 nitrogen and oxygen atoms in total. The molecule has 0 fully saturated rings. The van der Waals surface area contributed by atoms with Crippen LogP contribution in [0.5, 0.6) is 5.75 Å². The van der Waals surface area contributed by atoms with E-state index in [1.165, 1.54) is 6.07 Å². The monoisotopic (exact) mass is 890 g/mol. The first-order valence-electron chi connectivity index (χ1n) is 21.6. The lowest BCUT2D eigenvalue weighted by Crippen LogP contribution is -2.14. The van der Waals surface area contributed by atoms with E-state index in [0.29, 0.717) is 67.7 Å². The number of carboxylic acids is 1. The molecular weight excluding hydrogens is 841 g/mol. The van der Waals surface area contributed by atoms with Crippen molar-refractivity contribution >= 4 is 78.9 Å². The first kappa shape index (κ1) is 47.6. The van der Waals surface area contributed by atoms with Crippen LogP contribution < -0.4 is 4.74 Å². The van der Waals surface area contributed by atoms with Gasteiger partial charge in [0.05, 0.1) is 32.0 Å². The Balaban J connectivity index is 1.50. The van der Waals surface area contributed by atoms with Crippen LogP contribution in [-0.4, -0.2) is 67.3 Å². The van der Waals surface area contributed by atoms with Crippen LogP contribution in [-0.2, 0) is 63.8 Å². The van der Waals surface area contributed by atoms with Gasteiger partial charge in [-0.15, -0.1) is 0 Å². The molecule has 66 heavy (non-hydrogen) atoms. The summed E-state index contributed by atoms with van der Waals surface area (Å²) in [6.07, 6.45) is 7.88. The van der Waals surface area contributed by atoms with Crippen molar-refractivity contribution < 1.29 is 57.6 Å². The topological polar surface area (TPSA) is 169 Å². The Labute approximate surface area is 381 Å². The standard InChI is InChI=1S/C54H50O12/c1-5-47(55)62-29-13-21-38-35-17-9-10-18-36(35)41(23-15-31-64-49(57)7-3)46-33-34(25-26-42(38)46)54(61)66-52-45(53(59)60)28-27-44-40(22-14-30-63-48(56)6-2)37-19-11-12-20-39(37)43(51(44)52)24-16-32-65-50(58)8-4/h5-12,17-20,25-28,33H,1-4,13-16,21-24,29-32H2,(H,59,60). The zero-order chi connectivity index (χ0) is 47.2. The zero-order valence-corrected chi connectivity index (χ0v) is 36.6. The minimum Gasteiger partial charge on any atom is -0.478 e. The van der Waals surface area contributed by atoms with Crippen molar-refractivity contribution in [2.75, 3.05) is 26.4 Å². The number of fused-ring (bicyclic) bond motifs is 4. The predicted octanol–water partition coefficient (Wildman–Crippen LogP) is 9.86. The van der Waals surface area contributed by atoms with E-state index in [1.807, 2.05) is 54.6 Å². The second-order valence-corrected chi connectivity index (χ2v) is 15.2. The number of carbonyl (C=O) groups is 6. The van der Waals surface area contributed by atoms with E-state index in [-0.39, 0.29) is 43.3 Å². The van der Waals surface area contributed by atoms with E-state index in [9.17, 15) is 33.9 Å². The van der Waals surface area contributed by atoms with Gasteiger partial charge in [-0.1, -0.05) is 87.0 Å². The summed E-state index contributed by atoms with van der Waals surface area (Å²) in [5.74, 6) is -4.46. The minimum absolute atomic E-state index is 0.0532. The molecule has 338 valence electrons. The Kier molecular flexibility index (Phi) is 16.4. The Morgan fingerprint density at radius 1 is 0.455 bits per heavy atom. The van der Waals surface area contributed by atoms with Crippen molar-refractivity contribution in [2.24, 2.45) is 0 Å². The first-order chi connectivity index (χ1) is 32.0. The quantitative estimate of drug-likeness (QED) is 0.0162. The molecule has 1 N–H and O–H groups in total. The van der Waals surface area contributed by atoms with Crippen molar-refractivity contribution in [3.8, 4) is 5.75 Å². The third-order valence-corrected chi connectivity index (χ3v) is 11.2. The highest BCUT2D eigenvalue weighted by Crippen LogP contribution is 2.42. The van der Waals surface area contributed by atoms with Crippen LogP contribution in [0.2, 0.25) is 0 Å². The summed E-state index contributed by atoms with van der Waals surface area (Å²) in [5.41, 5.74) is 3.31. The Morgan fingerprint density at radius 2 is 0.818 bits per heavy atom. The Bertz CT molecular complexity index is 2910. The third-order valence-electron chi connectivity index (χ3n) is 11.2. The largest absolute Gasteiger partial charge is 0.478 e. The normalized spacial score (nSPS) is 10.9. The maximum atomic E-state index is 14.7. The van der Waals surface area contributed by atoms with Crippen molar-refractivity contribution in [2.45, 2.75) is 51.4 Å². The second-order valence-electron chi connectivity index (χ2n) is 15.2. The van der Waals surface area contributed by atoms with Gasteiger partial charge >= 0.3 is 35.8 Å². The molecule has 0 radical (unpaired) electrons.